The average molecular weight is 552 g/mol. The Balaban J connectivity index is 1.34. The summed E-state index contributed by atoms with van der Waals surface area (Å²) in [5, 5.41) is 12.9. The molecule has 0 unspecified atom stereocenters. The summed E-state index contributed by atoms with van der Waals surface area (Å²) in [7, 11) is 0. The third-order valence-electron chi connectivity index (χ3n) is 8.58. The minimum atomic E-state index is 1.14. The van der Waals surface area contributed by atoms with E-state index in [1.807, 2.05) is 11.3 Å². The van der Waals surface area contributed by atoms with Crippen LogP contribution in [0, 0.1) is 0 Å². The number of nitrogens with zero attached hydrogens (tertiary/aromatic N) is 1. The Hall–Kier alpha value is -5.18. The lowest BCUT2D eigenvalue weighted by Gasteiger charge is -2.28. The van der Waals surface area contributed by atoms with Crippen molar-refractivity contribution in [1.82, 2.24) is 0 Å². The molecule has 0 spiro atoms. The van der Waals surface area contributed by atoms with Crippen LogP contribution in [0.2, 0.25) is 0 Å². The summed E-state index contributed by atoms with van der Waals surface area (Å²) in [6.45, 7) is 0. The van der Waals surface area contributed by atoms with Crippen LogP contribution in [0.15, 0.2) is 152 Å². The van der Waals surface area contributed by atoms with E-state index in [4.69, 9.17) is 0 Å². The fraction of sp³-hybridized carbons (Fsp3) is 0. The maximum Gasteiger partial charge on any atom is 0.0546 e. The molecule has 0 saturated heterocycles. The van der Waals surface area contributed by atoms with E-state index in [2.05, 4.69) is 157 Å². The van der Waals surface area contributed by atoms with E-state index in [0.717, 1.165) is 11.4 Å². The predicted octanol–water partition coefficient (Wildman–Crippen LogP) is 12.1. The molecule has 1 heterocycles. The zero-order valence-electron chi connectivity index (χ0n) is 22.8. The molecule has 0 aliphatic heterocycles. The monoisotopic (exact) mass is 551 g/mol. The lowest BCUT2D eigenvalue weighted by Crippen LogP contribution is -2.10. The van der Waals surface area contributed by atoms with Gasteiger partial charge in [-0.15, -0.1) is 11.3 Å². The highest BCUT2D eigenvalue weighted by Crippen LogP contribution is 2.45. The molecule has 0 amide bonds. The largest absolute Gasteiger partial charge is 0.310 e. The summed E-state index contributed by atoms with van der Waals surface area (Å²) in [6, 6.07) is 55.5. The number of rotatable bonds is 3. The van der Waals surface area contributed by atoms with Gasteiger partial charge in [-0.1, -0.05) is 109 Å². The first-order valence-corrected chi connectivity index (χ1v) is 15.2. The number of fused-ring (bicyclic) bond motifs is 10. The molecular formula is C40H25NS. The van der Waals surface area contributed by atoms with Crippen molar-refractivity contribution in [3.05, 3.63) is 152 Å². The second kappa shape index (κ2) is 9.17. The van der Waals surface area contributed by atoms with E-state index in [-0.39, 0.29) is 0 Å². The van der Waals surface area contributed by atoms with E-state index in [9.17, 15) is 0 Å². The van der Waals surface area contributed by atoms with Crippen molar-refractivity contribution in [2.45, 2.75) is 0 Å². The minimum absolute atomic E-state index is 1.14. The van der Waals surface area contributed by atoms with Crippen molar-refractivity contribution in [3.8, 4) is 0 Å². The van der Waals surface area contributed by atoms with E-state index < -0.39 is 0 Å². The Bertz CT molecular complexity index is 2470. The molecule has 1 nitrogen and oxygen atoms in total. The molecule has 2 heteroatoms. The minimum Gasteiger partial charge on any atom is -0.310 e. The second-order valence-electron chi connectivity index (χ2n) is 10.9. The lowest BCUT2D eigenvalue weighted by molar-refractivity contribution is 1.31. The maximum atomic E-state index is 2.42. The van der Waals surface area contributed by atoms with Crippen LogP contribution in [0.4, 0.5) is 17.1 Å². The Morgan fingerprint density at radius 3 is 1.90 bits per heavy atom. The van der Waals surface area contributed by atoms with Gasteiger partial charge in [0.15, 0.2) is 0 Å². The van der Waals surface area contributed by atoms with Crippen LogP contribution >= 0.6 is 11.3 Å². The first-order valence-electron chi connectivity index (χ1n) is 14.4. The maximum absolute atomic E-state index is 2.42. The van der Waals surface area contributed by atoms with Crippen LogP contribution in [0.3, 0.4) is 0 Å². The Morgan fingerprint density at radius 1 is 0.357 bits per heavy atom. The average Bonchev–Trinajstić information content (AvgIpc) is 3.44. The SMILES string of the molecule is c1ccc(N(c2ccc3c(ccc4sc5ccccc5c43)c2)c2cc3ccc4ccccc4c3c3ccccc23)cc1. The van der Waals surface area contributed by atoms with Gasteiger partial charge in [-0.25, -0.2) is 0 Å². The van der Waals surface area contributed by atoms with E-state index in [1.54, 1.807) is 0 Å². The fourth-order valence-corrected chi connectivity index (χ4v) is 7.85. The first kappa shape index (κ1) is 23.5. The highest BCUT2D eigenvalue weighted by Gasteiger charge is 2.19. The van der Waals surface area contributed by atoms with Gasteiger partial charge in [0.05, 0.1) is 5.69 Å². The number of hydrogen-bond donors (Lipinski definition) is 0. The van der Waals surface area contributed by atoms with Crippen LogP contribution in [0.1, 0.15) is 0 Å². The number of para-hydroxylation sites is 1. The molecule has 0 aliphatic carbocycles. The molecule has 0 N–H and O–H groups in total. The molecule has 1 aromatic heterocycles. The summed E-state index contributed by atoms with van der Waals surface area (Å²) in [4.78, 5) is 2.42. The van der Waals surface area contributed by atoms with Crippen LogP contribution in [-0.2, 0) is 0 Å². The lowest BCUT2D eigenvalue weighted by atomic mass is 9.94. The summed E-state index contributed by atoms with van der Waals surface area (Å²) in [5.74, 6) is 0. The topological polar surface area (TPSA) is 3.24 Å². The molecule has 8 aromatic carbocycles. The summed E-state index contributed by atoms with van der Waals surface area (Å²) < 4.78 is 2.68. The van der Waals surface area contributed by atoms with Crippen LogP contribution in [0.5, 0.6) is 0 Å². The molecule has 0 radical (unpaired) electrons. The second-order valence-corrected chi connectivity index (χ2v) is 12.0. The van der Waals surface area contributed by atoms with Crippen molar-refractivity contribution in [2.75, 3.05) is 4.90 Å². The van der Waals surface area contributed by atoms with Gasteiger partial charge >= 0.3 is 0 Å². The molecule has 0 bridgehead atoms. The van der Waals surface area contributed by atoms with Gasteiger partial charge in [-0.3, -0.25) is 0 Å². The number of anilines is 3. The Kier molecular flexibility index (Phi) is 5.13. The third-order valence-corrected chi connectivity index (χ3v) is 9.72. The van der Waals surface area contributed by atoms with Crippen LogP contribution in [-0.4, -0.2) is 0 Å². The van der Waals surface area contributed by atoms with Gasteiger partial charge in [0.1, 0.15) is 0 Å². The Morgan fingerprint density at radius 2 is 1.02 bits per heavy atom. The van der Waals surface area contributed by atoms with E-state index >= 15 is 0 Å². The normalized spacial score (nSPS) is 11.8. The molecule has 0 atom stereocenters. The fourth-order valence-electron chi connectivity index (χ4n) is 6.73. The van der Waals surface area contributed by atoms with Crippen molar-refractivity contribution < 1.29 is 0 Å². The van der Waals surface area contributed by atoms with Gasteiger partial charge in [-0.2, -0.15) is 0 Å². The van der Waals surface area contributed by atoms with E-state index in [0.29, 0.717) is 0 Å². The summed E-state index contributed by atoms with van der Waals surface area (Å²) in [6.07, 6.45) is 0. The quantitative estimate of drug-likeness (QED) is 0.197. The highest BCUT2D eigenvalue weighted by atomic mass is 32.1. The van der Waals surface area contributed by atoms with Gasteiger partial charge in [0.2, 0.25) is 0 Å². The van der Waals surface area contributed by atoms with Gasteiger partial charge < -0.3 is 4.90 Å². The highest BCUT2D eigenvalue weighted by molar-refractivity contribution is 7.26. The van der Waals surface area contributed by atoms with Crippen LogP contribution in [0.25, 0.3) is 63.3 Å². The molecule has 42 heavy (non-hydrogen) atoms. The van der Waals surface area contributed by atoms with Crippen LogP contribution < -0.4 is 4.90 Å². The van der Waals surface area contributed by atoms with Gasteiger partial charge in [0.25, 0.3) is 0 Å². The third kappa shape index (κ3) is 3.49. The first-order chi connectivity index (χ1) is 20.8. The van der Waals surface area contributed by atoms with Crippen molar-refractivity contribution >= 4 is 91.7 Å². The Labute approximate surface area is 247 Å². The molecule has 9 rings (SSSR count). The molecule has 196 valence electrons. The zero-order chi connectivity index (χ0) is 27.6. The zero-order valence-corrected chi connectivity index (χ0v) is 23.6. The molecule has 0 aliphatic rings. The molecular weight excluding hydrogens is 527 g/mol. The van der Waals surface area contributed by atoms with Crippen molar-refractivity contribution in [3.63, 3.8) is 0 Å². The number of benzene rings is 8. The smallest absolute Gasteiger partial charge is 0.0546 e. The summed E-state index contributed by atoms with van der Waals surface area (Å²) >= 11 is 1.87. The number of hydrogen-bond acceptors (Lipinski definition) is 2. The molecule has 0 saturated carbocycles. The predicted molar refractivity (Wildman–Crippen MR) is 184 cm³/mol. The van der Waals surface area contributed by atoms with Gasteiger partial charge in [-0.05, 0) is 80.2 Å². The van der Waals surface area contributed by atoms with Gasteiger partial charge in [0, 0.05) is 36.9 Å². The van der Waals surface area contributed by atoms with E-state index in [1.165, 1.54) is 68.9 Å². The summed E-state index contributed by atoms with van der Waals surface area (Å²) in [5.41, 5.74) is 3.48. The molecule has 0 fully saturated rings. The number of thiophene rings is 1. The van der Waals surface area contributed by atoms with Crippen molar-refractivity contribution in [1.29, 1.82) is 0 Å². The standard InChI is InChI=1S/C40H25NS/c1-2-11-29(12-3-1)41(30-21-22-32-27(24-30)20-23-38-40(32)35-16-8-9-17-37(35)42-38)36-25-28-19-18-26-10-4-5-13-31(26)39(28)34-15-7-6-14-33(34)36/h1-25H. The van der Waals surface area contributed by atoms with Crippen molar-refractivity contribution in [2.24, 2.45) is 0 Å². The molecule has 9 aromatic rings.